The normalized spacial score (nSPS) is 13.6. The fraction of sp³-hybridized carbons (Fsp3) is 0.800. The van der Waals surface area contributed by atoms with E-state index in [0.717, 1.165) is 70.6 Å². The third-order valence-corrected chi connectivity index (χ3v) is 15.7. The van der Waals surface area contributed by atoms with E-state index in [9.17, 15) is 19.0 Å². The van der Waals surface area contributed by atoms with Gasteiger partial charge in [-0.15, -0.1) is 0 Å². The molecule has 9 nitrogen and oxygen atoms in total. The van der Waals surface area contributed by atoms with E-state index in [2.05, 4.69) is 86.8 Å². The third kappa shape index (κ3) is 64.6. The van der Waals surface area contributed by atoms with Gasteiger partial charge in [0.25, 0.3) is 0 Å². The van der Waals surface area contributed by atoms with Crippen molar-refractivity contribution in [2.75, 3.05) is 47.5 Å². The predicted octanol–water partition coefficient (Wildman–Crippen LogP) is 21.6. The molecule has 0 saturated carbocycles. The van der Waals surface area contributed by atoms with Crippen molar-refractivity contribution in [3.8, 4) is 0 Å². The highest BCUT2D eigenvalue weighted by molar-refractivity contribution is 7.47. The molecule has 0 spiro atoms. The summed E-state index contributed by atoms with van der Waals surface area (Å²) >= 11 is 0. The maximum absolute atomic E-state index is 12.9. The minimum atomic E-state index is -4.39. The zero-order chi connectivity index (χ0) is 58.4. The summed E-state index contributed by atoms with van der Waals surface area (Å²) in [5.74, 6) is -0.790. The molecule has 0 rings (SSSR count). The lowest BCUT2D eigenvalue weighted by Crippen LogP contribution is -2.37. The van der Waals surface area contributed by atoms with Gasteiger partial charge in [0.2, 0.25) is 0 Å². The highest BCUT2D eigenvalue weighted by atomic mass is 31.2. The first-order valence-electron chi connectivity index (χ1n) is 33.7. The minimum absolute atomic E-state index is 0.0300. The molecule has 80 heavy (non-hydrogen) atoms. The van der Waals surface area contributed by atoms with Crippen molar-refractivity contribution in [1.29, 1.82) is 0 Å². The highest BCUT2D eigenvalue weighted by Gasteiger charge is 2.27. The number of phosphoric acid groups is 1. The number of carbonyl (C=O) groups is 2. The summed E-state index contributed by atoms with van der Waals surface area (Å²) in [6.07, 6.45) is 81.4. The maximum Gasteiger partial charge on any atom is 0.472 e. The highest BCUT2D eigenvalue weighted by Crippen LogP contribution is 2.43. The molecule has 0 aromatic rings. The lowest BCUT2D eigenvalue weighted by molar-refractivity contribution is -0.870. The molecular formula is C70H129NO8P+. The van der Waals surface area contributed by atoms with Crippen molar-refractivity contribution >= 4 is 19.8 Å². The van der Waals surface area contributed by atoms with Crippen LogP contribution in [0.15, 0.2) is 72.9 Å². The fourth-order valence-electron chi connectivity index (χ4n) is 9.57. The third-order valence-electron chi connectivity index (χ3n) is 14.7. The Labute approximate surface area is 495 Å². The first-order valence-corrected chi connectivity index (χ1v) is 35.2. The summed E-state index contributed by atoms with van der Waals surface area (Å²) in [6, 6.07) is 0. The standard InChI is InChI=1S/C70H128NO8P/c1-6-8-10-12-14-16-18-20-22-24-26-28-30-32-34-35-37-38-40-42-44-46-48-50-52-54-56-58-60-62-69(72)76-66-68(67-78-80(74,75)77-65-64-71(3,4)5)79-70(73)63-61-59-57-55-53-51-49-47-45-43-41-39-36-33-31-29-27-25-23-21-19-17-15-13-11-9-7-2/h9,11,15,17,21,23-24,26-27,29,33,36,68H,6-8,10,12-14,16,18-20,22,25,28,30-32,34-35,37-67H2,1-5H3/p+1/b11-9-,17-15-,23-21-,26-24-,29-27-,36-33-. The topological polar surface area (TPSA) is 108 Å². The van der Waals surface area contributed by atoms with Crippen molar-refractivity contribution in [3.05, 3.63) is 72.9 Å². The van der Waals surface area contributed by atoms with Crippen molar-refractivity contribution in [3.63, 3.8) is 0 Å². The number of unbranched alkanes of at least 4 members (excludes halogenated alkanes) is 36. The summed E-state index contributed by atoms with van der Waals surface area (Å²) < 4.78 is 34.7. The summed E-state index contributed by atoms with van der Waals surface area (Å²) in [7, 11) is 1.48. The van der Waals surface area contributed by atoms with Gasteiger partial charge < -0.3 is 18.9 Å². The van der Waals surface area contributed by atoms with Gasteiger partial charge in [-0.2, -0.15) is 0 Å². The lowest BCUT2D eigenvalue weighted by Gasteiger charge is -2.24. The number of nitrogens with zero attached hydrogens (tertiary/aromatic N) is 1. The smallest absolute Gasteiger partial charge is 0.462 e. The Hall–Kier alpha value is -2.55. The average Bonchev–Trinajstić information content (AvgIpc) is 3.42. The van der Waals surface area contributed by atoms with Crippen LogP contribution >= 0.6 is 7.82 Å². The van der Waals surface area contributed by atoms with E-state index in [1.165, 1.54) is 205 Å². The van der Waals surface area contributed by atoms with Gasteiger partial charge in [-0.05, 0) is 83.5 Å². The molecule has 0 bridgehead atoms. The van der Waals surface area contributed by atoms with Crippen molar-refractivity contribution in [1.82, 2.24) is 0 Å². The van der Waals surface area contributed by atoms with Gasteiger partial charge in [0.05, 0.1) is 27.7 Å². The van der Waals surface area contributed by atoms with Crippen molar-refractivity contribution < 1.29 is 42.1 Å². The molecule has 2 unspecified atom stereocenters. The first-order chi connectivity index (χ1) is 39.0. The van der Waals surface area contributed by atoms with Crippen LogP contribution in [0.2, 0.25) is 0 Å². The average molecular weight is 1140 g/mol. The van der Waals surface area contributed by atoms with Crippen LogP contribution in [0.1, 0.15) is 309 Å². The second kappa shape index (κ2) is 61.0. The van der Waals surface area contributed by atoms with E-state index in [-0.39, 0.29) is 32.0 Å². The molecule has 0 heterocycles. The van der Waals surface area contributed by atoms with Crippen LogP contribution < -0.4 is 0 Å². The number of rotatable bonds is 62. The van der Waals surface area contributed by atoms with E-state index in [1.807, 2.05) is 21.1 Å². The van der Waals surface area contributed by atoms with Gasteiger partial charge >= 0.3 is 19.8 Å². The first kappa shape index (κ1) is 77.5. The Morgan fingerprint density at radius 2 is 0.713 bits per heavy atom. The van der Waals surface area contributed by atoms with Crippen molar-refractivity contribution in [2.45, 2.75) is 315 Å². The van der Waals surface area contributed by atoms with E-state index >= 15 is 0 Å². The zero-order valence-corrected chi connectivity index (χ0v) is 54.0. The molecule has 0 fully saturated rings. The van der Waals surface area contributed by atoms with Gasteiger partial charge in [-0.25, -0.2) is 4.57 Å². The van der Waals surface area contributed by atoms with Crippen LogP contribution in [0.4, 0.5) is 0 Å². The number of carbonyl (C=O) groups excluding carboxylic acids is 2. The Morgan fingerprint density at radius 3 is 1.07 bits per heavy atom. The molecule has 466 valence electrons. The van der Waals surface area contributed by atoms with Gasteiger partial charge in [-0.3, -0.25) is 18.6 Å². The van der Waals surface area contributed by atoms with Crippen LogP contribution in [0.3, 0.4) is 0 Å². The van der Waals surface area contributed by atoms with Crippen LogP contribution in [-0.2, 0) is 32.7 Å². The van der Waals surface area contributed by atoms with Crippen LogP contribution in [0.25, 0.3) is 0 Å². The number of phosphoric ester groups is 1. The molecule has 0 aliphatic carbocycles. The van der Waals surface area contributed by atoms with Gasteiger partial charge in [0.15, 0.2) is 6.10 Å². The number of hydrogen-bond donors (Lipinski definition) is 1. The second-order valence-corrected chi connectivity index (χ2v) is 25.3. The van der Waals surface area contributed by atoms with E-state index in [4.69, 9.17) is 18.5 Å². The molecular weight excluding hydrogens is 1010 g/mol. The molecule has 0 radical (unpaired) electrons. The Morgan fingerprint density at radius 1 is 0.400 bits per heavy atom. The molecule has 1 N–H and O–H groups in total. The molecule has 10 heteroatoms. The molecule has 0 amide bonds. The molecule has 0 aliphatic rings. The molecule has 0 aromatic heterocycles. The summed E-state index contributed by atoms with van der Waals surface area (Å²) in [4.78, 5) is 35.8. The molecule has 0 aliphatic heterocycles. The predicted molar refractivity (Wildman–Crippen MR) is 344 cm³/mol. The zero-order valence-electron chi connectivity index (χ0n) is 53.1. The Balaban J connectivity index is 4.06. The number of hydrogen-bond acceptors (Lipinski definition) is 7. The van der Waals surface area contributed by atoms with Gasteiger partial charge in [0, 0.05) is 12.8 Å². The Kier molecular flexibility index (Phi) is 59.1. The van der Waals surface area contributed by atoms with Crippen molar-refractivity contribution in [2.24, 2.45) is 0 Å². The van der Waals surface area contributed by atoms with Crippen LogP contribution in [0.5, 0.6) is 0 Å². The SMILES string of the molecule is CC/C=C\C/C=C\C/C=C\C/C=C\C/C=C\CCCCCCCCCCCCCC(=O)OC(COC(=O)CCCCCCCCCCCCCCCCCCC/C=C\CCCCCCCCCC)COP(=O)(O)OCC[N+](C)(C)C. The van der Waals surface area contributed by atoms with Crippen LogP contribution in [-0.4, -0.2) is 74.9 Å². The fourth-order valence-corrected chi connectivity index (χ4v) is 10.3. The molecule has 0 aromatic carbocycles. The van der Waals surface area contributed by atoms with Crippen LogP contribution in [0, 0.1) is 0 Å². The lowest BCUT2D eigenvalue weighted by atomic mass is 10.0. The quantitative estimate of drug-likeness (QED) is 0.0211. The largest absolute Gasteiger partial charge is 0.472 e. The Bertz CT molecular complexity index is 1580. The monoisotopic (exact) mass is 1140 g/mol. The van der Waals surface area contributed by atoms with E-state index in [0.29, 0.717) is 17.4 Å². The number of esters is 2. The summed E-state index contributed by atoms with van der Waals surface area (Å²) in [6.45, 7) is 4.36. The van der Waals surface area contributed by atoms with E-state index in [1.54, 1.807) is 0 Å². The van der Waals surface area contributed by atoms with Gasteiger partial charge in [-0.1, -0.05) is 286 Å². The maximum atomic E-state index is 12.9. The second-order valence-electron chi connectivity index (χ2n) is 23.8. The van der Waals surface area contributed by atoms with E-state index < -0.39 is 26.5 Å². The van der Waals surface area contributed by atoms with Gasteiger partial charge in [0.1, 0.15) is 19.8 Å². The summed E-state index contributed by atoms with van der Waals surface area (Å²) in [5, 5.41) is 0. The number of likely N-dealkylation sites (N-methyl/N-ethyl adjacent to an activating group) is 1. The minimum Gasteiger partial charge on any atom is -0.462 e. The summed E-state index contributed by atoms with van der Waals surface area (Å²) in [5.41, 5.74) is 0. The number of quaternary nitrogens is 1. The molecule has 0 saturated heterocycles. The number of ether oxygens (including phenoxy) is 2. The number of allylic oxidation sites excluding steroid dienone is 12. The molecule has 2 atom stereocenters.